The Kier molecular flexibility index (Phi) is 3.91. The van der Waals surface area contributed by atoms with Crippen LogP contribution in [0.25, 0.3) is 0 Å². The van der Waals surface area contributed by atoms with Crippen molar-refractivity contribution in [3.05, 3.63) is 5.82 Å². The van der Waals surface area contributed by atoms with Crippen LogP contribution in [0.15, 0.2) is 0 Å². The maximum Gasteiger partial charge on any atom is 0.203 e. The molecule has 0 aliphatic rings. The molecule has 0 aliphatic heterocycles. The minimum atomic E-state index is -0.122. The third-order valence-electron chi connectivity index (χ3n) is 2.05. The van der Waals surface area contributed by atoms with E-state index in [1.165, 1.54) is 11.5 Å². The molecule has 0 saturated carbocycles. The monoisotopic (exact) mass is 243 g/mol. The summed E-state index contributed by atoms with van der Waals surface area (Å²) in [5, 5.41) is 4.19. The molecule has 0 radical (unpaired) electrons. The van der Waals surface area contributed by atoms with E-state index in [0.29, 0.717) is 6.61 Å². The normalized spacial score (nSPS) is 12.9. The van der Waals surface area contributed by atoms with Crippen molar-refractivity contribution in [1.82, 2.24) is 9.36 Å². The Bertz CT molecular complexity index is 341. The average Bonchev–Trinajstić information content (AvgIpc) is 2.50. The predicted octanol–water partition coefficient (Wildman–Crippen LogP) is 2.67. The molecule has 1 aromatic heterocycles. The van der Waals surface area contributed by atoms with Crippen molar-refractivity contribution in [2.75, 3.05) is 19.0 Å². The van der Waals surface area contributed by atoms with Gasteiger partial charge in [0.05, 0.1) is 12.1 Å². The Labute approximate surface area is 102 Å². The second kappa shape index (κ2) is 4.67. The summed E-state index contributed by atoms with van der Waals surface area (Å²) in [7, 11) is 1.70. The van der Waals surface area contributed by atoms with Gasteiger partial charge in [-0.1, -0.05) is 20.8 Å². The van der Waals surface area contributed by atoms with Crippen molar-refractivity contribution in [3.63, 3.8) is 0 Å². The van der Waals surface area contributed by atoms with Crippen molar-refractivity contribution in [1.29, 1.82) is 0 Å². The van der Waals surface area contributed by atoms with Crippen molar-refractivity contribution in [2.45, 2.75) is 45.6 Å². The van der Waals surface area contributed by atoms with E-state index >= 15 is 0 Å². The largest absolute Gasteiger partial charge is 0.382 e. The van der Waals surface area contributed by atoms with Crippen LogP contribution < -0.4 is 5.32 Å². The number of hydrogen-bond donors (Lipinski definition) is 1. The number of aromatic nitrogens is 2. The third-order valence-corrected chi connectivity index (χ3v) is 2.68. The summed E-state index contributed by atoms with van der Waals surface area (Å²) in [5.74, 6) is 0.883. The Morgan fingerprint density at radius 2 is 1.88 bits per heavy atom. The van der Waals surface area contributed by atoms with Crippen molar-refractivity contribution in [3.8, 4) is 0 Å². The van der Waals surface area contributed by atoms with Crippen LogP contribution >= 0.6 is 11.5 Å². The topological polar surface area (TPSA) is 47.0 Å². The highest BCUT2D eigenvalue weighted by Gasteiger charge is 2.23. The molecule has 1 N–H and O–H groups in total. The summed E-state index contributed by atoms with van der Waals surface area (Å²) in [6, 6.07) is 0. The summed E-state index contributed by atoms with van der Waals surface area (Å²) < 4.78 is 9.51. The Balaban J connectivity index is 2.73. The van der Waals surface area contributed by atoms with E-state index in [-0.39, 0.29) is 11.0 Å². The molecule has 1 aromatic rings. The molecular weight excluding hydrogens is 222 g/mol. The number of methoxy groups -OCH3 is 1. The van der Waals surface area contributed by atoms with Crippen LogP contribution in [0.2, 0.25) is 0 Å². The second-order valence-electron chi connectivity index (χ2n) is 5.62. The van der Waals surface area contributed by atoms with Crippen molar-refractivity contribution < 1.29 is 4.74 Å². The summed E-state index contributed by atoms with van der Waals surface area (Å²) >= 11 is 1.40. The van der Waals surface area contributed by atoms with Crippen LogP contribution in [0.1, 0.15) is 40.4 Å². The van der Waals surface area contributed by atoms with Crippen molar-refractivity contribution in [2.24, 2.45) is 0 Å². The third kappa shape index (κ3) is 3.72. The molecule has 92 valence electrons. The van der Waals surface area contributed by atoms with Gasteiger partial charge in [0.1, 0.15) is 5.82 Å². The number of anilines is 1. The number of rotatable bonds is 4. The summed E-state index contributed by atoms with van der Waals surface area (Å²) in [4.78, 5) is 4.49. The van der Waals surface area contributed by atoms with Gasteiger partial charge in [0.2, 0.25) is 5.13 Å². The van der Waals surface area contributed by atoms with Crippen LogP contribution in [0.5, 0.6) is 0 Å². The van der Waals surface area contributed by atoms with E-state index in [9.17, 15) is 0 Å². The highest BCUT2D eigenvalue weighted by Crippen LogP contribution is 2.24. The van der Waals surface area contributed by atoms with Gasteiger partial charge in [0.25, 0.3) is 0 Å². The predicted molar refractivity (Wildman–Crippen MR) is 68.2 cm³/mol. The van der Waals surface area contributed by atoms with Crippen LogP contribution in [0, 0.1) is 0 Å². The number of nitrogens with one attached hydrogen (secondary N) is 1. The van der Waals surface area contributed by atoms with E-state index in [0.717, 1.165) is 11.0 Å². The highest BCUT2D eigenvalue weighted by atomic mass is 32.1. The lowest BCUT2D eigenvalue weighted by Crippen LogP contribution is -2.35. The zero-order valence-electron chi connectivity index (χ0n) is 10.9. The Morgan fingerprint density at radius 3 is 2.31 bits per heavy atom. The molecule has 0 saturated heterocycles. The molecule has 16 heavy (non-hydrogen) atoms. The summed E-state index contributed by atoms with van der Waals surface area (Å²) in [6.07, 6.45) is 0. The lowest BCUT2D eigenvalue weighted by molar-refractivity contribution is 0.158. The standard InChI is InChI=1S/C11H21N3OS/c1-10(2,3)8-12-9(16-14-8)13-11(4,5)7-15-6/h7H2,1-6H3,(H,12,13,14). The molecule has 1 heterocycles. The van der Waals surface area contributed by atoms with Crippen molar-refractivity contribution >= 4 is 16.7 Å². The molecule has 0 fully saturated rings. The first-order chi connectivity index (χ1) is 7.24. The summed E-state index contributed by atoms with van der Waals surface area (Å²) in [5.41, 5.74) is -0.120. The molecule has 4 nitrogen and oxygen atoms in total. The molecule has 0 atom stereocenters. The van der Waals surface area contributed by atoms with Crippen LogP contribution in [0.3, 0.4) is 0 Å². The lowest BCUT2D eigenvalue weighted by Gasteiger charge is -2.24. The van der Waals surface area contributed by atoms with Gasteiger partial charge in [-0.15, -0.1) is 0 Å². The first kappa shape index (κ1) is 13.4. The molecule has 0 aliphatic carbocycles. The summed E-state index contributed by atoms with van der Waals surface area (Å²) in [6.45, 7) is 11.1. The first-order valence-electron chi connectivity index (χ1n) is 5.36. The molecular formula is C11H21N3OS. The molecule has 0 unspecified atom stereocenters. The molecule has 1 rings (SSSR count). The molecule has 0 spiro atoms. The zero-order valence-corrected chi connectivity index (χ0v) is 11.7. The molecule has 0 amide bonds. The first-order valence-corrected chi connectivity index (χ1v) is 6.13. The van der Waals surface area contributed by atoms with Crippen LogP contribution in [-0.2, 0) is 10.2 Å². The van der Waals surface area contributed by atoms with Gasteiger partial charge in [-0.2, -0.15) is 4.37 Å². The van der Waals surface area contributed by atoms with Gasteiger partial charge in [0.15, 0.2) is 0 Å². The fourth-order valence-corrected chi connectivity index (χ4v) is 2.20. The fourth-order valence-electron chi connectivity index (χ4n) is 1.27. The zero-order chi connectivity index (χ0) is 12.4. The van der Waals surface area contributed by atoms with Gasteiger partial charge >= 0.3 is 0 Å². The number of hydrogen-bond acceptors (Lipinski definition) is 5. The number of ether oxygens (including phenoxy) is 1. The minimum Gasteiger partial charge on any atom is -0.382 e. The maximum atomic E-state index is 5.15. The van der Waals surface area contributed by atoms with Gasteiger partial charge in [-0.3, -0.25) is 0 Å². The fraction of sp³-hybridized carbons (Fsp3) is 0.818. The van der Waals surface area contributed by atoms with Crippen LogP contribution in [0.4, 0.5) is 5.13 Å². The number of nitrogens with zero attached hydrogens (tertiary/aromatic N) is 2. The Hall–Kier alpha value is -0.680. The van der Waals surface area contributed by atoms with E-state index in [4.69, 9.17) is 4.74 Å². The molecule has 0 aromatic carbocycles. The lowest BCUT2D eigenvalue weighted by atomic mass is 9.96. The Morgan fingerprint density at radius 1 is 1.25 bits per heavy atom. The van der Waals surface area contributed by atoms with E-state index < -0.39 is 0 Å². The van der Waals surface area contributed by atoms with E-state index in [2.05, 4.69) is 49.3 Å². The second-order valence-corrected chi connectivity index (χ2v) is 6.37. The smallest absolute Gasteiger partial charge is 0.203 e. The SMILES string of the molecule is COCC(C)(C)Nc1nc(C(C)(C)C)ns1. The van der Waals surface area contributed by atoms with E-state index in [1.807, 2.05) is 0 Å². The highest BCUT2D eigenvalue weighted by molar-refractivity contribution is 7.09. The van der Waals surface area contributed by atoms with Gasteiger partial charge < -0.3 is 10.1 Å². The minimum absolute atomic E-state index is 0.00181. The van der Waals surface area contributed by atoms with Gasteiger partial charge in [-0.25, -0.2) is 4.98 Å². The van der Waals surface area contributed by atoms with Gasteiger partial charge in [0, 0.05) is 24.1 Å². The van der Waals surface area contributed by atoms with E-state index in [1.54, 1.807) is 7.11 Å². The van der Waals surface area contributed by atoms with Gasteiger partial charge in [-0.05, 0) is 13.8 Å². The maximum absolute atomic E-state index is 5.15. The molecule has 0 bridgehead atoms. The molecule has 5 heteroatoms. The van der Waals surface area contributed by atoms with Crippen LogP contribution in [-0.4, -0.2) is 28.6 Å². The average molecular weight is 243 g/mol. The quantitative estimate of drug-likeness (QED) is 0.883.